The molecule has 0 bridgehead atoms. The van der Waals surface area contributed by atoms with E-state index in [2.05, 4.69) is 5.32 Å². The molecule has 2 aromatic carbocycles. The Morgan fingerprint density at radius 2 is 1.85 bits per heavy atom. The number of aliphatic hydroxyl groups is 1. The summed E-state index contributed by atoms with van der Waals surface area (Å²) in [6.45, 7) is 1.76. The molecular weight excluding hydrogens is 420 g/mol. The molecule has 0 aliphatic rings. The zero-order chi connectivity index (χ0) is 18.2. The van der Waals surface area contributed by atoms with Crippen LogP contribution < -0.4 is 14.8 Å². The van der Waals surface area contributed by atoms with Gasteiger partial charge in [-0.3, -0.25) is 0 Å². The number of halogens is 4. The van der Waals surface area contributed by atoms with E-state index >= 15 is 0 Å². The minimum Gasteiger partial charge on any atom is -0.493 e. The van der Waals surface area contributed by atoms with Crippen molar-refractivity contribution >= 4 is 47.2 Å². The lowest BCUT2D eigenvalue weighted by molar-refractivity contribution is 0.284. The molecule has 0 radical (unpaired) electrons. The Morgan fingerprint density at radius 3 is 2.50 bits per heavy atom. The molecule has 0 aliphatic carbocycles. The molecule has 0 spiro atoms. The smallest absolute Gasteiger partial charge is 0.180 e. The molecule has 144 valence electrons. The van der Waals surface area contributed by atoms with Gasteiger partial charge in [-0.1, -0.05) is 40.9 Å². The highest BCUT2D eigenvalue weighted by atomic mass is 35.5. The van der Waals surface area contributed by atoms with Crippen LogP contribution in [0.4, 0.5) is 0 Å². The van der Waals surface area contributed by atoms with Crippen molar-refractivity contribution in [2.24, 2.45) is 0 Å². The fraction of sp³-hybridized carbons (Fsp3) is 0.333. The van der Waals surface area contributed by atoms with Crippen molar-refractivity contribution in [1.82, 2.24) is 5.32 Å². The summed E-state index contributed by atoms with van der Waals surface area (Å²) in [7, 11) is 1.57. The van der Waals surface area contributed by atoms with E-state index in [-0.39, 0.29) is 25.6 Å². The van der Waals surface area contributed by atoms with Crippen molar-refractivity contribution in [3.63, 3.8) is 0 Å². The average Bonchev–Trinajstić information content (AvgIpc) is 2.58. The highest BCUT2D eigenvalue weighted by molar-refractivity contribution is 6.35. The van der Waals surface area contributed by atoms with Crippen molar-refractivity contribution in [1.29, 1.82) is 0 Å². The Morgan fingerprint density at radius 1 is 1.08 bits per heavy atom. The second-order valence-electron chi connectivity index (χ2n) is 5.39. The summed E-state index contributed by atoms with van der Waals surface area (Å²) < 4.78 is 11.2. The van der Waals surface area contributed by atoms with Crippen molar-refractivity contribution in [2.45, 2.75) is 19.6 Å². The van der Waals surface area contributed by atoms with Gasteiger partial charge in [0, 0.05) is 28.8 Å². The Labute approximate surface area is 174 Å². The molecule has 0 heterocycles. The molecule has 0 aliphatic heterocycles. The summed E-state index contributed by atoms with van der Waals surface area (Å²) in [5, 5.41) is 13.6. The molecule has 2 aromatic rings. The van der Waals surface area contributed by atoms with E-state index < -0.39 is 0 Å². The van der Waals surface area contributed by atoms with Gasteiger partial charge in [0.05, 0.1) is 12.1 Å². The van der Waals surface area contributed by atoms with Gasteiger partial charge in [0.2, 0.25) is 0 Å². The number of methoxy groups -OCH3 is 1. The number of aliphatic hydroxyl groups excluding tert-OH is 1. The van der Waals surface area contributed by atoms with Gasteiger partial charge in [-0.15, -0.1) is 12.4 Å². The van der Waals surface area contributed by atoms with Gasteiger partial charge >= 0.3 is 0 Å². The molecule has 2 rings (SSSR count). The van der Waals surface area contributed by atoms with E-state index in [1.807, 2.05) is 18.2 Å². The minimum absolute atomic E-state index is 0. The lowest BCUT2D eigenvalue weighted by Gasteiger charge is -2.15. The molecule has 26 heavy (non-hydrogen) atoms. The van der Waals surface area contributed by atoms with Crippen LogP contribution in [0.5, 0.6) is 11.5 Å². The van der Waals surface area contributed by atoms with Crippen LogP contribution in [-0.2, 0) is 13.2 Å². The number of rotatable bonds is 9. The monoisotopic (exact) mass is 439 g/mol. The van der Waals surface area contributed by atoms with Crippen molar-refractivity contribution < 1.29 is 14.6 Å². The molecule has 0 aromatic heterocycles. The van der Waals surface area contributed by atoms with E-state index in [9.17, 15) is 0 Å². The molecule has 0 amide bonds. The Bertz CT molecular complexity index is 713. The Kier molecular flexibility index (Phi) is 10.5. The van der Waals surface area contributed by atoms with Crippen molar-refractivity contribution in [3.8, 4) is 11.5 Å². The number of ether oxygens (including phenoxy) is 2. The van der Waals surface area contributed by atoms with Gasteiger partial charge in [-0.2, -0.15) is 0 Å². The summed E-state index contributed by atoms with van der Waals surface area (Å²) >= 11 is 18.4. The van der Waals surface area contributed by atoms with Gasteiger partial charge in [0.25, 0.3) is 0 Å². The first kappa shape index (κ1) is 23.2. The number of hydrogen-bond donors (Lipinski definition) is 2. The van der Waals surface area contributed by atoms with Crippen LogP contribution in [0.25, 0.3) is 0 Å². The summed E-state index contributed by atoms with van der Waals surface area (Å²) in [4.78, 5) is 0. The largest absolute Gasteiger partial charge is 0.493 e. The van der Waals surface area contributed by atoms with Crippen LogP contribution in [0.2, 0.25) is 15.1 Å². The first-order valence-electron chi connectivity index (χ1n) is 7.80. The summed E-state index contributed by atoms with van der Waals surface area (Å²) in [6.07, 6.45) is 0.702. The highest BCUT2D eigenvalue weighted by Gasteiger charge is 2.13. The lowest BCUT2D eigenvalue weighted by atomic mass is 10.2. The molecule has 8 heteroatoms. The van der Waals surface area contributed by atoms with Gasteiger partial charge in [-0.25, -0.2) is 0 Å². The third-order valence-corrected chi connectivity index (χ3v) is 4.38. The molecule has 0 fully saturated rings. The Balaban J connectivity index is 0.00000338. The molecule has 4 nitrogen and oxygen atoms in total. The van der Waals surface area contributed by atoms with E-state index in [0.717, 1.165) is 17.7 Å². The zero-order valence-electron chi connectivity index (χ0n) is 14.2. The lowest BCUT2D eigenvalue weighted by Crippen LogP contribution is -2.15. The zero-order valence-corrected chi connectivity index (χ0v) is 17.3. The first-order valence-corrected chi connectivity index (χ1v) is 8.93. The number of hydrogen-bond acceptors (Lipinski definition) is 4. The fourth-order valence-electron chi connectivity index (χ4n) is 2.24. The third kappa shape index (κ3) is 6.69. The van der Waals surface area contributed by atoms with E-state index in [0.29, 0.717) is 39.5 Å². The predicted octanol–water partition coefficient (Wildman–Crippen LogP) is 5.13. The molecule has 0 saturated heterocycles. The standard InChI is InChI=1S/C18H20Cl3NO3.ClH/c1-24-17-8-12(10-22-5-2-6-23)7-16(21)18(17)25-11-13-3-4-14(19)9-15(13)20;/h3-4,7-9,22-23H,2,5-6,10-11H2,1H3;1H. The van der Waals surface area contributed by atoms with E-state index in [1.165, 1.54) is 0 Å². The quantitative estimate of drug-likeness (QED) is 0.530. The maximum absolute atomic E-state index is 8.80. The fourth-order valence-corrected chi connectivity index (χ4v) is 2.99. The molecular formula is C18H21Cl4NO3. The van der Waals surface area contributed by atoms with Gasteiger partial charge in [0.15, 0.2) is 11.5 Å². The van der Waals surface area contributed by atoms with Crippen LogP contribution in [0.1, 0.15) is 17.5 Å². The third-order valence-electron chi connectivity index (χ3n) is 3.52. The van der Waals surface area contributed by atoms with Gasteiger partial charge < -0.3 is 19.9 Å². The van der Waals surface area contributed by atoms with E-state index in [4.69, 9.17) is 49.4 Å². The van der Waals surface area contributed by atoms with Crippen LogP contribution >= 0.6 is 47.2 Å². The number of nitrogens with one attached hydrogen (secondary N) is 1. The van der Waals surface area contributed by atoms with Crippen LogP contribution in [-0.4, -0.2) is 25.4 Å². The summed E-state index contributed by atoms with van der Waals surface area (Å²) in [5.41, 5.74) is 1.77. The minimum atomic E-state index is 0. The van der Waals surface area contributed by atoms with E-state index in [1.54, 1.807) is 19.2 Å². The topological polar surface area (TPSA) is 50.7 Å². The maximum Gasteiger partial charge on any atom is 0.180 e. The second-order valence-corrected chi connectivity index (χ2v) is 6.64. The van der Waals surface area contributed by atoms with Gasteiger partial charge in [0.1, 0.15) is 6.61 Å². The Hall–Kier alpha value is -0.880. The van der Waals surface area contributed by atoms with Crippen LogP contribution in [0, 0.1) is 0 Å². The second kappa shape index (κ2) is 11.8. The molecule has 0 unspecified atom stereocenters. The highest BCUT2D eigenvalue weighted by Crippen LogP contribution is 2.37. The summed E-state index contributed by atoms with van der Waals surface area (Å²) in [6, 6.07) is 8.93. The first-order chi connectivity index (χ1) is 12.0. The number of benzene rings is 2. The normalized spacial score (nSPS) is 10.3. The molecule has 2 N–H and O–H groups in total. The molecule has 0 atom stereocenters. The van der Waals surface area contributed by atoms with Crippen molar-refractivity contribution in [2.75, 3.05) is 20.3 Å². The molecule has 0 saturated carbocycles. The maximum atomic E-state index is 8.80. The van der Waals surface area contributed by atoms with Crippen LogP contribution in [0.3, 0.4) is 0 Å². The predicted molar refractivity (Wildman–Crippen MR) is 109 cm³/mol. The van der Waals surface area contributed by atoms with Crippen molar-refractivity contribution in [3.05, 3.63) is 56.5 Å². The van der Waals surface area contributed by atoms with Gasteiger partial charge in [-0.05, 0) is 42.8 Å². The summed E-state index contributed by atoms with van der Waals surface area (Å²) in [5.74, 6) is 1.02. The average molecular weight is 441 g/mol. The SMILES string of the molecule is COc1cc(CNCCCO)cc(Cl)c1OCc1ccc(Cl)cc1Cl.Cl. The van der Waals surface area contributed by atoms with Crippen LogP contribution in [0.15, 0.2) is 30.3 Å².